The van der Waals surface area contributed by atoms with Crippen molar-refractivity contribution in [2.24, 2.45) is 0 Å². The molecule has 4 nitrogen and oxygen atoms in total. The smallest absolute Gasteiger partial charge is 0.197 e. The van der Waals surface area contributed by atoms with Gasteiger partial charge in [0.1, 0.15) is 0 Å². The van der Waals surface area contributed by atoms with E-state index in [1.165, 1.54) is 11.5 Å². The summed E-state index contributed by atoms with van der Waals surface area (Å²) in [5, 5.41) is 4.93. The summed E-state index contributed by atoms with van der Waals surface area (Å²) in [6.07, 6.45) is 0.0516. The number of ether oxygens (including phenoxy) is 1. The minimum absolute atomic E-state index is 0.0516. The van der Waals surface area contributed by atoms with Gasteiger partial charge in [0, 0.05) is 11.1 Å². The number of nitrogen functional groups attached to an aromatic ring is 1. The van der Waals surface area contributed by atoms with Gasteiger partial charge in [0.15, 0.2) is 16.6 Å². The Morgan fingerprint density at radius 1 is 1.35 bits per heavy atom. The Labute approximate surface area is 128 Å². The molecule has 0 aliphatic carbocycles. The molecule has 1 unspecified atom stereocenters. The van der Waals surface area contributed by atoms with Gasteiger partial charge in [-0.25, -0.2) is 0 Å². The molecular formula is C14H18ClN3OS. The average molecular weight is 312 g/mol. The normalized spacial score (nSPS) is 12.4. The van der Waals surface area contributed by atoms with Crippen LogP contribution in [-0.4, -0.2) is 10.5 Å². The highest BCUT2D eigenvalue weighted by Crippen LogP contribution is 2.38. The number of nitrogens with zero attached hydrogens (tertiary/aromatic N) is 1. The Bertz CT molecular complexity index is 586. The van der Waals surface area contributed by atoms with Crippen molar-refractivity contribution in [3.05, 3.63) is 34.9 Å². The van der Waals surface area contributed by atoms with Gasteiger partial charge in [-0.2, -0.15) is 4.37 Å². The van der Waals surface area contributed by atoms with Crippen molar-refractivity contribution in [3.8, 4) is 5.75 Å². The number of hydrogen-bond donors (Lipinski definition) is 2. The molecule has 1 heterocycles. The molecule has 3 N–H and O–H groups in total. The molecule has 0 saturated heterocycles. The van der Waals surface area contributed by atoms with Crippen molar-refractivity contribution in [1.29, 1.82) is 0 Å². The van der Waals surface area contributed by atoms with E-state index in [9.17, 15) is 0 Å². The summed E-state index contributed by atoms with van der Waals surface area (Å²) in [6, 6.07) is 7.84. The molecule has 6 heteroatoms. The van der Waals surface area contributed by atoms with E-state index < -0.39 is 0 Å². The first-order valence-electron chi connectivity index (χ1n) is 6.41. The van der Waals surface area contributed by atoms with Crippen LogP contribution in [0.15, 0.2) is 24.3 Å². The van der Waals surface area contributed by atoms with E-state index >= 15 is 0 Å². The van der Waals surface area contributed by atoms with Crippen molar-refractivity contribution in [2.75, 3.05) is 11.1 Å². The second kappa shape index (κ2) is 6.33. The van der Waals surface area contributed by atoms with E-state index in [1.54, 1.807) is 0 Å². The van der Waals surface area contributed by atoms with E-state index in [1.807, 2.05) is 38.1 Å². The topological polar surface area (TPSA) is 60.2 Å². The summed E-state index contributed by atoms with van der Waals surface area (Å²) in [7, 11) is 0. The van der Waals surface area contributed by atoms with Crippen LogP contribution >= 0.6 is 23.1 Å². The van der Waals surface area contributed by atoms with Crippen molar-refractivity contribution >= 4 is 34.0 Å². The molecule has 0 bridgehead atoms. The maximum Gasteiger partial charge on any atom is 0.197 e. The zero-order chi connectivity index (χ0) is 14.7. The number of benzene rings is 1. The van der Waals surface area contributed by atoms with Crippen LogP contribution < -0.4 is 15.8 Å². The van der Waals surface area contributed by atoms with Gasteiger partial charge in [-0.3, -0.25) is 0 Å². The maximum absolute atomic E-state index is 6.01. The Hall–Kier alpha value is -1.46. The first-order valence-corrected chi connectivity index (χ1v) is 7.56. The number of aromatic nitrogens is 1. The van der Waals surface area contributed by atoms with Gasteiger partial charge < -0.3 is 15.8 Å². The Kier molecular flexibility index (Phi) is 4.73. The lowest BCUT2D eigenvalue weighted by Gasteiger charge is -2.17. The first kappa shape index (κ1) is 14.9. The van der Waals surface area contributed by atoms with Crippen molar-refractivity contribution in [1.82, 2.24) is 4.37 Å². The monoisotopic (exact) mass is 311 g/mol. The lowest BCUT2D eigenvalue weighted by Crippen LogP contribution is -2.10. The van der Waals surface area contributed by atoms with Crippen LogP contribution in [0.4, 0.5) is 10.8 Å². The van der Waals surface area contributed by atoms with Crippen LogP contribution in [0, 0.1) is 0 Å². The van der Waals surface area contributed by atoms with E-state index in [4.69, 9.17) is 22.1 Å². The summed E-state index contributed by atoms with van der Waals surface area (Å²) in [5.74, 6) is 1.04. The molecule has 0 amide bonds. The highest BCUT2D eigenvalue weighted by Gasteiger charge is 2.17. The maximum atomic E-state index is 6.01. The van der Waals surface area contributed by atoms with Crippen LogP contribution in [0.25, 0.3) is 0 Å². The minimum Gasteiger partial charge on any atom is -0.484 e. The lowest BCUT2D eigenvalue weighted by atomic mass is 10.1. The van der Waals surface area contributed by atoms with Crippen LogP contribution in [0.5, 0.6) is 5.75 Å². The summed E-state index contributed by atoms with van der Waals surface area (Å²) in [4.78, 5) is 0. The van der Waals surface area contributed by atoms with E-state index in [-0.39, 0.29) is 12.1 Å². The largest absolute Gasteiger partial charge is 0.484 e. The molecule has 0 spiro atoms. The fraction of sp³-hybridized carbons (Fsp3) is 0.357. The molecule has 0 aliphatic rings. The van der Waals surface area contributed by atoms with Crippen LogP contribution in [0.3, 0.4) is 0 Å². The molecule has 1 atom stereocenters. The molecule has 2 aromatic rings. The fourth-order valence-corrected chi connectivity index (χ4v) is 2.73. The summed E-state index contributed by atoms with van der Waals surface area (Å²) in [6.45, 7) is 5.98. The summed E-state index contributed by atoms with van der Waals surface area (Å²) >= 11 is 7.32. The van der Waals surface area contributed by atoms with Crippen molar-refractivity contribution < 1.29 is 4.74 Å². The number of hydrogen-bond acceptors (Lipinski definition) is 5. The average Bonchev–Trinajstić information content (AvgIpc) is 2.71. The molecule has 108 valence electrons. The van der Waals surface area contributed by atoms with Crippen LogP contribution in [0.2, 0.25) is 5.02 Å². The molecular weight excluding hydrogens is 294 g/mol. The summed E-state index contributed by atoms with van der Waals surface area (Å²) in [5.41, 5.74) is 6.94. The Morgan fingerprint density at radius 3 is 2.75 bits per heavy atom. The second-order valence-corrected chi connectivity index (χ2v) is 6.02. The second-order valence-electron chi connectivity index (χ2n) is 4.81. The van der Waals surface area contributed by atoms with Gasteiger partial charge in [-0.1, -0.05) is 23.7 Å². The quantitative estimate of drug-likeness (QED) is 0.862. The summed E-state index contributed by atoms with van der Waals surface area (Å²) < 4.78 is 9.85. The van der Waals surface area contributed by atoms with Crippen LogP contribution in [0.1, 0.15) is 32.4 Å². The number of halogens is 1. The molecule has 0 radical (unpaired) electrons. The fourth-order valence-electron chi connectivity index (χ4n) is 1.79. The lowest BCUT2D eigenvalue weighted by molar-refractivity contribution is 0.245. The van der Waals surface area contributed by atoms with E-state index in [0.29, 0.717) is 11.6 Å². The Morgan fingerprint density at radius 2 is 2.10 bits per heavy atom. The highest BCUT2D eigenvalue weighted by molar-refractivity contribution is 7.11. The van der Waals surface area contributed by atoms with Gasteiger partial charge >= 0.3 is 0 Å². The van der Waals surface area contributed by atoms with Crippen molar-refractivity contribution in [2.45, 2.75) is 32.9 Å². The van der Waals surface area contributed by atoms with Gasteiger partial charge in [0.2, 0.25) is 0 Å². The molecule has 0 saturated carbocycles. The molecule has 2 rings (SSSR count). The third-order valence-corrected chi connectivity index (χ3v) is 3.73. The van der Waals surface area contributed by atoms with Crippen LogP contribution in [-0.2, 0) is 0 Å². The highest BCUT2D eigenvalue weighted by atomic mass is 35.5. The van der Waals surface area contributed by atoms with E-state index in [2.05, 4.69) is 16.6 Å². The third kappa shape index (κ3) is 3.55. The standard InChI is InChI=1S/C14H18ClN3OS/c1-8(2)19-12-13(16)18-20-14(12)17-9(3)10-5-4-6-11(15)7-10/h4-9,17H,1-3H3,(H2,16,18). The van der Waals surface area contributed by atoms with Gasteiger partial charge in [-0.05, 0) is 50.0 Å². The number of nitrogens with two attached hydrogens (primary N) is 1. The molecule has 1 aromatic carbocycles. The van der Waals surface area contributed by atoms with Gasteiger partial charge in [0.25, 0.3) is 0 Å². The zero-order valence-corrected chi connectivity index (χ0v) is 13.3. The zero-order valence-electron chi connectivity index (χ0n) is 11.7. The molecule has 1 aromatic heterocycles. The molecule has 0 aliphatic heterocycles. The molecule has 0 fully saturated rings. The molecule has 20 heavy (non-hydrogen) atoms. The minimum atomic E-state index is 0.0516. The SMILES string of the molecule is CC(C)Oc1c(N)nsc1NC(C)c1cccc(Cl)c1. The number of anilines is 2. The van der Waals surface area contributed by atoms with Gasteiger partial charge in [0.05, 0.1) is 6.10 Å². The third-order valence-electron chi connectivity index (χ3n) is 2.72. The van der Waals surface area contributed by atoms with Crippen molar-refractivity contribution in [3.63, 3.8) is 0 Å². The number of rotatable bonds is 5. The predicted molar refractivity (Wildman–Crippen MR) is 85.8 cm³/mol. The Balaban J connectivity index is 2.17. The van der Waals surface area contributed by atoms with Gasteiger partial charge in [-0.15, -0.1) is 0 Å². The first-order chi connectivity index (χ1) is 9.47. The van der Waals surface area contributed by atoms with E-state index in [0.717, 1.165) is 15.6 Å². The predicted octanol–water partition coefficient (Wildman–Crippen LogP) is 4.34. The number of nitrogens with one attached hydrogen (secondary N) is 1.